The van der Waals surface area contributed by atoms with Crippen LogP contribution in [0.2, 0.25) is 0 Å². The zero-order valence-electron chi connectivity index (χ0n) is 6.45. The fourth-order valence-electron chi connectivity index (χ4n) is 0.643. The molecule has 0 aromatic rings. The van der Waals surface area contributed by atoms with Gasteiger partial charge in [0.05, 0.1) is 18.2 Å². The first-order valence-corrected chi connectivity index (χ1v) is 3.41. The van der Waals surface area contributed by atoms with E-state index >= 15 is 0 Å². The topological polar surface area (TPSA) is 82.8 Å². The highest BCUT2D eigenvalue weighted by atomic mass is 16.5. The fraction of sp³-hybridized carbons (Fsp3) is 0.714. The monoisotopic (exact) mass is 153 g/mol. The third-order valence-electron chi connectivity index (χ3n) is 1.15. The maximum absolute atomic E-state index is 8.46. The number of nitrogens with zero attached hydrogens (tertiary/aromatic N) is 2. The van der Waals surface area contributed by atoms with Crippen molar-refractivity contribution in [3.63, 3.8) is 0 Å². The largest absolute Gasteiger partial charge is 0.363 e. The second-order valence-electron chi connectivity index (χ2n) is 2.04. The van der Waals surface area contributed by atoms with E-state index in [1.807, 2.05) is 12.1 Å². The molecule has 0 saturated carbocycles. The molecule has 2 unspecified atom stereocenters. The summed E-state index contributed by atoms with van der Waals surface area (Å²) in [7, 11) is 0. The molecule has 2 atom stereocenters. The van der Waals surface area contributed by atoms with Gasteiger partial charge in [-0.3, -0.25) is 0 Å². The number of rotatable bonds is 4. The molecular weight excluding hydrogens is 142 g/mol. The van der Waals surface area contributed by atoms with Crippen molar-refractivity contribution in [2.24, 2.45) is 5.73 Å². The maximum atomic E-state index is 8.46. The summed E-state index contributed by atoms with van der Waals surface area (Å²) in [6, 6.07) is 3.14. The SMILES string of the molecule is CCOC(C#N)CC(N)C#N. The van der Waals surface area contributed by atoms with Crippen LogP contribution in [0, 0.1) is 22.7 Å². The summed E-state index contributed by atoms with van der Waals surface area (Å²) in [5.41, 5.74) is 5.29. The maximum Gasteiger partial charge on any atom is 0.146 e. The van der Waals surface area contributed by atoms with E-state index in [0.29, 0.717) is 6.61 Å². The van der Waals surface area contributed by atoms with Crippen molar-refractivity contribution in [3.8, 4) is 12.1 Å². The standard InChI is InChI=1S/C7H11N3O/c1-2-11-7(5-9)3-6(10)4-8/h6-7H,2-3,10H2,1H3. The lowest BCUT2D eigenvalue weighted by Crippen LogP contribution is -2.25. The highest BCUT2D eigenvalue weighted by Gasteiger charge is 2.11. The summed E-state index contributed by atoms with van der Waals surface area (Å²) in [6.45, 7) is 2.26. The molecular formula is C7H11N3O. The van der Waals surface area contributed by atoms with Crippen LogP contribution < -0.4 is 5.73 Å². The molecule has 0 aromatic heterocycles. The second kappa shape index (κ2) is 5.67. The number of hydrogen-bond donors (Lipinski definition) is 1. The van der Waals surface area contributed by atoms with Crippen molar-refractivity contribution in [2.45, 2.75) is 25.5 Å². The van der Waals surface area contributed by atoms with Crippen molar-refractivity contribution in [1.82, 2.24) is 0 Å². The lowest BCUT2D eigenvalue weighted by molar-refractivity contribution is 0.0936. The first-order valence-electron chi connectivity index (χ1n) is 3.41. The van der Waals surface area contributed by atoms with Gasteiger partial charge in [-0.25, -0.2) is 0 Å². The third kappa shape index (κ3) is 4.32. The van der Waals surface area contributed by atoms with E-state index in [1.165, 1.54) is 0 Å². The van der Waals surface area contributed by atoms with Crippen molar-refractivity contribution in [1.29, 1.82) is 10.5 Å². The van der Waals surface area contributed by atoms with Gasteiger partial charge < -0.3 is 10.5 Å². The van der Waals surface area contributed by atoms with Crippen LogP contribution in [0.1, 0.15) is 13.3 Å². The molecule has 0 amide bonds. The van der Waals surface area contributed by atoms with Crippen molar-refractivity contribution >= 4 is 0 Å². The number of hydrogen-bond acceptors (Lipinski definition) is 4. The Labute approximate surface area is 66.2 Å². The lowest BCUT2D eigenvalue weighted by atomic mass is 10.1. The molecule has 0 saturated heterocycles. The van der Waals surface area contributed by atoms with Gasteiger partial charge in [0.1, 0.15) is 6.10 Å². The van der Waals surface area contributed by atoms with Crippen molar-refractivity contribution < 1.29 is 4.74 Å². The summed E-state index contributed by atoms with van der Waals surface area (Å²) in [5, 5.41) is 16.8. The zero-order valence-corrected chi connectivity index (χ0v) is 6.45. The van der Waals surface area contributed by atoms with Crippen LogP contribution in [0.4, 0.5) is 0 Å². The molecule has 4 nitrogen and oxygen atoms in total. The first kappa shape index (κ1) is 9.90. The summed E-state index contributed by atoms with van der Waals surface area (Å²) in [4.78, 5) is 0. The molecule has 0 radical (unpaired) electrons. The lowest BCUT2D eigenvalue weighted by Gasteiger charge is -2.08. The molecule has 0 aliphatic heterocycles. The van der Waals surface area contributed by atoms with Gasteiger partial charge >= 0.3 is 0 Å². The number of nitrogens with two attached hydrogens (primary N) is 1. The Bertz CT molecular complexity index is 179. The van der Waals surface area contributed by atoms with E-state index in [-0.39, 0.29) is 6.42 Å². The van der Waals surface area contributed by atoms with E-state index in [1.54, 1.807) is 6.92 Å². The van der Waals surface area contributed by atoms with Gasteiger partial charge in [-0.15, -0.1) is 0 Å². The minimum Gasteiger partial charge on any atom is -0.363 e. The zero-order chi connectivity index (χ0) is 8.69. The van der Waals surface area contributed by atoms with Crippen LogP contribution in [-0.2, 0) is 4.74 Å². The molecule has 0 spiro atoms. The summed E-state index contributed by atoms with van der Waals surface area (Å²) in [6.07, 6.45) is -0.268. The predicted octanol–water partition coefficient (Wildman–Crippen LogP) is 0.156. The van der Waals surface area contributed by atoms with Crippen molar-refractivity contribution in [3.05, 3.63) is 0 Å². The van der Waals surface area contributed by atoms with Gasteiger partial charge in [-0.2, -0.15) is 10.5 Å². The minimum absolute atomic E-state index is 0.279. The minimum atomic E-state index is -0.605. The van der Waals surface area contributed by atoms with Crippen molar-refractivity contribution in [2.75, 3.05) is 6.61 Å². The third-order valence-corrected chi connectivity index (χ3v) is 1.15. The Morgan fingerprint density at radius 1 is 1.45 bits per heavy atom. The predicted molar refractivity (Wildman–Crippen MR) is 39.2 cm³/mol. The van der Waals surface area contributed by atoms with Gasteiger partial charge in [0.25, 0.3) is 0 Å². The molecule has 0 aliphatic carbocycles. The molecule has 60 valence electrons. The van der Waals surface area contributed by atoms with Crippen LogP contribution >= 0.6 is 0 Å². The number of ether oxygens (including phenoxy) is 1. The van der Waals surface area contributed by atoms with Crippen LogP contribution in [0.25, 0.3) is 0 Å². The summed E-state index contributed by atoms with van der Waals surface area (Å²) in [5.74, 6) is 0. The normalized spacial score (nSPS) is 14.5. The molecule has 11 heavy (non-hydrogen) atoms. The second-order valence-corrected chi connectivity index (χ2v) is 2.04. The van der Waals surface area contributed by atoms with Crippen LogP contribution in [0.3, 0.4) is 0 Å². The number of nitriles is 2. The molecule has 0 heterocycles. The average Bonchev–Trinajstić information content (AvgIpc) is 2.03. The Morgan fingerprint density at radius 3 is 2.45 bits per heavy atom. The van der Waals surface area contributed by atoms with Crippen LogP contribution in [0.15, 0.2) is 0 Å². The Kier molecular flexibility index (Phi) is 5.10. The van der Waals surface area contributed by atoms with Crippen LogP contribution in [-0.4, -0.2) is 18.8 Å². The van der Waals surface area contributed by atoms with E-state index in [4.69, 9.17) is 21.0 Å². The first-order chi connectivity index (χ1) is 5.24. The Morgan fingerprint density at radius 2 is 2.09 bits per heavy atom. The van der Waals surface area contributed by atoms with E-state index in [9.17, 15) is 0 Å². The van der Waals surface area contributed by atoms with Gasteiger partial charge in [-0.1, -0.05) is 0 Å². The average molecular weight is 153 g/mol. The highest BCUT2D eigenvalue weighted by Crippen LogP contribution is 1.99. The Hall–Kier alpha value is -1.10. The fourth-order valence-corrected chi connectivity index (χ4v) is 0.643. The molecule has 0 rings (SSSR count). The quantitative estimate of drug-likeness (QED) is 0.623. The molecule has 0 bridgehead atoms. The molecule has 2 N–H and O–H groups in total. The van der Waals surface area contributed by atoms with E-state index in [2.05, 4.69) is 0 Å². The van der Waals surface area contributed by atoms with Gasteiger partial charge in [-0.05, 0) is 6.92 Å². The van der Waals surface area contributed by atoms with Gasteiger partial charge in [0, 0.05) is 13.0 Å². The molecule has 0 aromatic carbocycles. The van der Waals surface area contributed by atoms with E-state index < -0.39 is 12.1 Å². The van der Waals surface area contributed by atoms with Crippen LogP contribution in [0.5, 0.6) is 0 Å². The molecule has 4 heteroatoms. The van der Waals surface area contributed by atoms with Gasteiger partial charge in [0.2, 0.25) is 0 Å². The molecule has 0 aliphatic rings. The summed E-state index contributed by atoms with van der Waals surface area (Å²) >= 11 is 0. The Balaban J connectivity index is 3.72. The molecule has 0 fully saturated rings. The summed E-state index contributed by atoms with van der Waals surface area (Å²) < 4.78 is 4.97. The van der Waals surface area contributed by atoms with E-state index in [0.717, 1.165) is 0 Å². The highest BCUT2D eigenvalue weighted by molar-refractivity contribution is 4.95. The van der Waals surface area contributed by atoms with Gasteiger partial charge in [0.15, 0.2) is 0 Å². The smallest absolute Gasteiger partial charge is 0.146 e.